The predicted octanol–water partition coefficient (Wildman–Crippen LogP) is 3.62. The first kappa shape index (κ1) is 28.1. The van der Waals surface area contributed by atoms with Crippen molar-refractivity contribution >= 4 is 23.2 Å². The third-order valence-corrected chi connectivity index (χ3v) is 6.97. The largest absolute Gasteiger partial charge is 0.490 e. The standard InChI is InChI=1S/C21H31N5O2S.C2HF3O2/c1-15-5-6-16(29-15)11-25-9-7-21(8-10-25)13-26-17(12-28-14-21)23-24-18(26)19(27)22-20(2,3)4;3-2(4,5)1(6)7/h5-6H,7-14H2,1-4H3,(H,22,27);(H,6,7). The van der Waals surface area contributed by atoms with Crippen LogP contribution in [-0.4, -0.2) is 68.1 Å². The number of carbonyl (C=O) groups is 2. The number of fused-ring (bicyclic) bond motifs is 1. The molecule has 13 heteroatoms. The van der Waals surface area contributed by atoms with Gasteiger partial charge in [0.1, 0.15) is 6.61 Å². The molecule has 2 aliphatic rings. The van der Waals surface area contributed by atoms with Crippen LogP contribution in [-0.2, 0) is 29.2 Å². The summed E-state index contributed by atoms with van der Waals surface area (Å²) >= 11 is 1.88. The average molecular weight is 532 g/mol. The summed E-state index contributed by atoms with van der Waals surface area (Å²) in [6.07, 6.45) is -2.98. The fourth-order valence-electron chi connectivity index (χ4n) is 4.19. The molecule has 0 atom stereocenters. The summed E-state index contributed by atoms with van der Waals surface area (Å²) < 4.78 is 39.7. The molecular weight excluding hydrogens is 499 g/mol. The Morgan fingerprint density at radius 3 is 2.36 bits per heavy atom. The van der Waals surface area contributed by atoms with Gasteiger partial charge in [-0.2, -0.15) is 13.2 Å². The number of nitrogens with one attached hydrogen (secondary N) is 1. The topological polar surface area (TPSA) is 110 Å². The van der Waals surface area contributed by atoms with Crippen LogP contribution in [0.3, 0.4) is 0 Å². The number of nitrogens with zero attached hydrogens (tertiary/aromatic N) is 4. The van der Waals surface area contributed by atoms with Gasteiger partial charge in [-0.3, -0.25) is 9.69 Å². The zero-order chi connectivity index (χ0) is 26.7. The number of hydrogen-bond acceptors (Lipinski definition) is 7. The minimum atomic E-state index is -5.08. The minimum Gasteiger partial charge on any atom is -0.475 e. The van der Waals surface area contributed by atoms with E-state index in [1.54, 1.807) is 0 Å². The van der Waals surface area contributed by atoms with E-state index in [-0.39, 0.29) is 16.9 Å². The van der Waals surface area contributed by atoms with E-state index in [1.165, 1.54) is 9.75 Å². The van der Waals surface area contributed by atoms with Crippen LogP contribution in [0.4, 0.5) is 13.2 Å². The molecule has 200 valence electrons. The van der Waals surface area contributed by atoms with Crippen molar-refractivity contribution in [2.45, 2.75) is 71.9 Å². The number of aryl methyl sites for hydroxylation is 1. The first-order valence-electron chi connectivity index (χ1n) is 11.6. The van der Waals surface area contributed by atoms with Crippen molar-refractivity contribution < 1.29 is 32.6 Å². The van der Waals surface area contributed by atoms with Gasteiger partial charge >= 0.3 is 12.1 Å². The number of carboxylic acids is 1. The van der Waals surface area contributed by atoms with Crippen LogP contribution >= 0.6 is 11.3 Å². The number of likely N-dealkylation sites (tertiary alicyclic amines) is 1. The van der Waals surface area contributed by atoms with Gasteiger partial charge in [0.2, 0.25) is 5.82 Å². The van der Waals surface area contributed by atoms with E-state index in [2.05, 4.69) is 39.5 Å². The lowest BCUT2D eigenvalue weighted by molar-refractivity contribution is -0.192. The smallest absolute Gasteiger partial charge is 0.475 e. The summed E-state index contributed by atoms with van der Waals surface area (Å²) in [5.74, 6) is -1.78. The number of rotatable bonds is 3. The van der Waals surface area contributed by atoms with Gasteiger partial charge in [-0.15, -0.1) is 21.5 Å². The molecule has 1 spiro atoms. The van der Waals surface area contributed by atoms with Gasteiger partial charge in [0.25, 0.3) is 5.91 Å². The maximum absolute atomic E-state index is 12.8. The number of ether oxygens (including phenoxy) is 1. The third kappa shape index (κ3) is 7.50. The van der Waals surface area contributed by atoms with Gasteiger partial charge in [0.05, 0.1) is 6.61 Å². The summed E-state index contributed by atoms with van der Waals surface area (Å²) in [6, 6.07) is 4.44. The molecule has 1 fully saturated rings. The molecule has 0 saturated carbocycles. The van der Waals surface area contributed by atoms with E-state index in [0.29, 0.717) is 19.0 Å². The number of carbonyl (C=O) groups excluding carboxylic acids is 1. The highest BCUT2D eigenvalue weighted by atomic mass is 32.1. The zero-order valence-corrected chi connectivity index (χ0v) is 21.6. The van der Waals surface area contributed by atoms with Gasteiger partial charge in [0.15, 0.2) is 5.82 Å². The Morgan fingerprint density at radius 1 is 1.19 bits per heavy atom. The fourth-order valence-corrected chi connectivity index (χ4v) is 5.12. The predicted molar refractivity (Wildman–Crippen MR) is 127 cm³/mol. The summed E-state index contributed by atoms with van der Waals surface area (Å²) in [4.78, 5) is 27.0. The van der Waals surface area contributed by atoms with Crippen LogP contribution in [0.1, 0.15) is 59.8 Å². The van der Waals surface area contributed by atoms with Crippen molar-refractivity contribution in [1.29, 1.82) is 0 Å². The van der Waals surface area contributed by atoms with Gasteiger partial charge in [-0.25, -0.2) is 4.79 Å². The molecule has 9 nitrogen and oxygen atoms in total. The van der Waals surface area contributed by atoms with Crippen molar-refractivity contribution in [1.82, 2.24) is 25.0 Å². The number of aliphatic carboxylic acids is 1. The Bertz CT molecular complexity index is 1070. The van der Waals surface area contributed by atoms with Crippen molar-refractivity contribution in [2.24, 2.45) is 5.41 Å². The van der Waals surface area contributed by atoms with Crippen LogP contribution in [0, 0.1) is 12.3 Å². The van der Waals surface area contributed by atoms with Crippen LogP contribution in [0.15, 0.2) is 12.1 Å². The van der Waals surface area contributed by atoms with Crippen molar-refractivity contribution in [3.8, 4) is 0 Å². The van der Waals surface area contributed by atoms with E-state index in [0.717, 1.165) is 44.8 Å². The fraction of sp³-hybridized carbons (Fsp3) is 0.652. The molecule has 2 N–H and O–H groups in total. The van der Waals surface area contributed by atoms with E-state index in [4.69, 9.17) is 14.6 Å². The minimum absolute atomic E-state index is 0.0340. The summed E-state index contributed by atoms with van der Waals surface area (Å²) in [7, 11) is 0. The Kier molecular flexibility index (Phi) is 8.46. The summed E-state index contributed by atoms with van der Waals surface area (Å²) in [5.41, 5.74) is -0.278. The second-order valence-corrected chi connectivity index (χ2v) is 11.7. The molecule has 0 unspecified atom stereocenters. The molecule has 0 aromatic carbocycles. The number of amides is 1. The van der Waals surface area contributed by atoms with E-state index in [9.17, 15) is 18.0 Å². The SMILES string of the molecule is Cc1ccc(CN2CCC3(CC2)COCc2nnc(C(=O)NC(C)(C)C)n2C3)s1.O=C(O)C(F)(F)F. The molecule has 36 heavy (non-hydrogen) atoms. The number of carboxylic acid groups (broad SMARTS) is 1. The Balaban J connectivity index is 0.000000454. The molecule has 0 aliphatic carbocycles. The second-order valence-electron chi connectivity index (χ2n) is 10.3. The quantitative estimate of drug-likeness (QED) is 0.623. The molecular formula is C23H32F3N5O4S. The molecule has 0 bridgehead atoms. The summed E-state index contributed by atoms with van der Waals surface area (Å²) in [5, 5.41) is 18.6. The molecule has 4 rings (SSSR count). The number of aromatic nitrogens is 3. The second kappa shape index (κ2) is 10.9. The molecule has 2 aliphatic heterocycles. The monoisotopic (exact) mass is 531 g/mol. The maximum Gasteiger partial charge on any atom is 0.490 e. The number of hydrogen-bond donors (Lipinski definition) is 2. The maximum atomic E-state index is 12.8. The first-order chi connectivity index (χ1) is 16.7. The molecule has 1 saturated heterocycles. The highest BCUT2D eigenvalue weighted by Crippen LogP contribution is 2.37. The van der Waals surface area contributed by atoms with Gasteiger partial charge < -0.3 is 19.7 Å². The highest BCUT2D eigenvalue weighted by molar-refractivity contribution is 7.11. The number of halogens is 3. The van der Waals surface area contributed by atoms with E-state index < -0.39 is 12.1 Å². The summed E-state index contributed by atoms with van der Waals surface area (Å²) in [6.45, 7) is 13.0. The number of piperidine rings is 1. The Hall–Kier alpha value is -2.51. The van der Waals surface area contributed by atoms with Crippen LogP contribution in [0.25, 0.3) is 0 Å². The molecule has 0 radical (unpaired) electrons. The van der Waals surface area contributed by atoms with Crippen molar-refractivity contribution in [3.63, 3.8) is 0 Å². The van der Waals surface area contributed by atoms with Gasteiger partial charge in [-0.1, -0.05) is 0 Å². The first-order valence-corrected chi connectivity index (χ1v) is 12.4. The zero-order valence-electron chi connectivity index (χ0n) is 20.8. The van der Waals surface area contributed by atoms with Crippen LogP contribution in [0.5, 0.6) is 0 Å². The van der Waals surface area contributed by atoms with Crippen LogP contribution in [0.2, 0.25) is 0 Å². The number of thiophene rings is 1. The lowest BCUT2D eigenvalue weighted by Crippen LogP contribution is -2.45. The number of alkyl halides is 3. The lowest BCUT2D eigenvalue weighted by Gasteiger charge is -2.41. The van der Waals surface area contributed by atoms with Crippen LogP contribution < -0.4 is 5.32 Å². The average Bonchev–Trinajstić information content (AvgIpc) is 3.29. The van der Waals surface area contributed by atoms with E-state index in [1.807, 2.05) is 36.7 Å². The van der Waals surface area contributed by atoms with E-state index >= 15 is 0 Å². The molecule has 2 aromatic heterocycles. The van der Waals surface area contributed by atoms with Crippen molar-refractivity contribution in [3.05, 3.63) is 33.5 Å². The Labute approximate surface area is 211 Å². The highest BCUT2D eigenvalue weighted by Gasteiger charge is 2.40. The molecule has 2 aromatic rings. The lowest BCUT2D eigenvalue weighted by atomic mass is 9.79. The van der Waals surface area contributed by atoms with Gasteiger partial charge in [-0.05, 0) is 65.8 Å². The third-order valence-electron chi connectivity index (χ3n) is 5.99. The molecule has 4 heterocycles. The normalized spacial score (nSPS) is 18.1. The van der Waals surface area contributed by atoms with Crippen molar-refractivity contribution in [2.75, 3.05) is 19.7 Å². The van der Waals surface area contributed by atoms with Gasteiger partial charge in [0, 0.05) is 33.8 Å². The molecule has 1 amide bonds. The Morgan fingerprint density at radius 2 is 1.83 bits per heavy atom.